The van der Waals surface area contributed by atoms with E-state index in [4.69, 9.17) is 5.26 Å². The second-order valence-corrected chi connectivity index (χ2v) is 4.81. The molecule has 1 N–H and O–H groups in total. The first-order valence-corrected chi connectivity index (χ1v) is 6.67. The highest BCUT2D eigenvalue weighted by molar-refractivity contribution is 7.98. The normalized spacial score (nSPS) is 11.9. The Kier molecular flexibility index (Phi) is 5.13. The van der Waals surface area contributed by atoms with E-state index < -0.39 is 0 Å². The van der Waals surface area contributed by atoms with Crippen molar-refractivity contribution in [2.45, 2.75) is 13.8 Å². The highest BCUT2D eigenvalue weighted by Gasteiger charge is 2.06. The number of aromatic nitrogens is 1. The van der Waals surface area contributed by atoms with E-state index in [1.165, 1.54) is 0 Å². The Morgan fingerprint density at radius 1 is 1.56 bits per heavy atom. The Balaban J connectivity index is 2.66. The smallest absolute Gasteiger partial charge is 0.144 e. The van der Waals surface area contributed by atoms with E-state index >= 15 is 0 Å². The van der Waals surface area contributed by atoms with Crippen LogP contribution in [0.4, 0.5) is 5.82 Å². The van der Waals surface area contributed by atoms with Crippen LogP contribution >= 0.6 is 11.8 Å². The van der Waals surface area contributed by atoms with Crippen LogP contribution in [-0.2, 0) is 0 Å². The van der Waals surface area contributed by atoms with Crippen molar-refractivity contribution in [2.75, 3.05) is 23.9 Å². The summed E-state index contributed by atoms with van der Waals surface area (Å²) in [5, 5.41) is 12.2. The quantitative estimate of drug-likeness (QED) is 0.852. The van der Waals surface area contributed by atoms with Gasteiger partial charge in [-0.2, -0.15) is 17.0 Å². The molecule has 86 valence electrons. The third-order valence-corrected chi connectivity index (χ3v) is 3.13. The molecule has 0 saturated heterocycles. The van der Waals surface area contributed by atoms with Crippen molar-refractivity contribution in [2.24, 2.45) is 5.92 Å². The van der Waals surface area contributed by atoms with Crippen LogP contribution in [0, 0.1) is 24.2 Å². The van der Waals surface area contributed by atoms with Crippen LogP contribution in [0.3, 0.4) is 0 Å². The SMILES string of the molecule is CSCC(C)CNc1nc(C)ccc1C#N. The first-order chi connectivity index (χ1) is 7.67. The number of nitriles is 1. The van der Waals surface area contributed by atoms with Gasteiger partial charge in [0.2, 0.25) is 0 Å². The number of hydrogen-bond acceptors (Lipinski definition) is 4. The van der Waals surface area contributed by atoms with E-state index in [-0.39, 0.29) is 0 Å². The Morgan fingerprint density at radius 2 is 2.31 bits per heavy atom. The molecule has 0 amide bonds. The zero-order valence-corrected chi connectivity index (χ0v) is 10.8. The number of rotatable bonds is 5. The predicted molar refractivity (Wildman–Crippen MR) is 69.7 cm³/mol. The standard InChI is InChI=1S/C12H17N3S/c1-9(8-16-3)7-14-12-11(6-13)5-4-10(2)15-12/h4-5,9H,7-8H2,1-3H3,(H,14,15). The average Bonchev–Trinajstić information content (AvgIpc) is 2.27. The van der Waals surface area contributed by atoms with Gasteiger partial charge in [0.15, 0.2) is 0 Å². The predicted octanol–water partition coefficient (Wildman–Crippen LogP) is 2.67. The minimum absolute atomic E-state index is 0.573. The van der Waals surface area contributed by atoms with E-state index in [9.17, 15) is 0 Å². The molecule has 0 aliphatic carbocycles. The van der Waals surface area contributed by atoms with Gasteiger partial charge in [0, 0.05) is 12.2 Å². The molecular weight excluding hydrogens is 218 g/mol. The highest BCUT2D eigenvalue weighted by Crippen LogP contribution is 2.13. The van der Waals surface area contributed by atoms with E-state index in [1.54, 1.807) is 0 Å². The maximum atomic E-state index is 8.94. The van der Waals surface area contributed by atoms with Crippen LogP contribution in [0.25, 0.3) is 0 Å². The summed E-state index contributed by atoms with van der Waals surface area (Å²) in [4.78, 5) is 4.34. The summed E-state index contributed by atoms with van der Waals surface area (Å²) in [6.07, 6.45) is 2.10. The van der Waals surface area contributed by atoms with Crippen LogP contribution in [0.5, 0.6) is 0 Å². The summed E-state index contributed by atoms with van der Waals surface area (Å²) < 4.78 is 0. The molecule has 0 bridgehead atoms. The number of thioether (sulfide) groups is 1. The largest absolute Gasteiger partial charge is 0.369 e. The van der Waals surface area contributed by atoms with Gasteiger partial charge in [0.25, 0.3) is 0 Å². The lowest BCUT2D eigenvalue weighted by Crippen LogP contribution is -2.15. The zero-order chi connectivity index (χ0) is 12.0. The molecule has 0 fully saturated rings. The molecule has 1 aromatic rings. The molecule has 0 radical (unpaired) electrons. The van der Waals surface area contributed by atoms with Gasteiger partial charge < -0.3 is 5.32 Å². The monoisotopic (exact) mass is 235 g/mol. The minimum Gasteiger partial charge on any atom is -0.369 e. The molecule has 1 aromatic heterocycles. The third kappa shape index (κ3) is 3.74. The first kappa shape index (κ1) is 12.9. The van der Waals surface area contributed by atoms with Crippen LogP contribution in [-0.4, -0.2) is 23.5 Å². The summed E-state index contributed by atoms with van der Waals surface area (Å²) >= 11 is 1.83. The van der Waals surface area contributed by atoms with Gasteiger partial charge in [-0.25, -0.2) is 4.98 Å². The van der Waals surface area contributed by atoms with Gasteiger partial charge >= 0.3 is 0 Å². The summed E-state index contributed by atoms with van der Waals surface area (Å²) in [6, 6.07) is 5.81. The summed E-state index contributed by atoms with van der Waals surface area (Å²) in [5.74, 6) is 2.39. The highest BCUT2D eigenvalue weighted by atomic mass is 32.2. The molecule has 0 spiro atoms. The Labute approximate surface area is 101 Å². The van der Waals surface area contributed by atoms with Crippen LogP contribution in [0.2, 0.25) is 0 Å². The molecule has 0 aliphatic heterocycles. The molecular formula is C12H17N3S. The van der Waals surface area contributed by atoms with Crippen molar-refractivity contribution in [3.8, 4) is 6.07 Å². The summed E-state index contributed by atoms with van der Waals surface area (Å²) in [7, 11) is 0. The number of hydrogen-bond donors (Lipinski definition) is 1. The average molecular weight is 235 g/mol. The number of anilines is 1. The maximum absolute atomic E-state index is 8.94. The minimum atomic E-state index is 0.573. The number of nitrogens with one attached hydrogen (secondary N) is 1. The lowest BCUT2D eigenvalue weighted by atomic mass is 10.2. The Hall–Kier alpha value is -1.21. The van der Waals surface area contributed by atoms with Gasteiger partial charge in [-0.3, -0.25) is 0 Å². The van der Waals surface area contributed by atoms with Crippen LogP contribution in [0.15, 0.2) is 12.1 Å². The maximum Gasteiger partial charge on any atom is 0.144 e. The van der Waals surface area contributed by atoms with Gasteiger partial charge in [-0.05, 0) is 37.0 Å². The molecule has 0 aliphatic rings. The molecule has 0 saturated carbocycles. The van der Waals surface area contributed by atoms with Gasteiger partial charge in [-0.1, -0.05) is 6.92 Å². The lowest BCUT2D eigenvalue weighted by Gasteiger charge is -2.12. The Morgan fingerprint density at radius 3 is 2.94 bits per heavy atom. The van der Waals surface area contributed by atoms with Crippen molar-refractivity contribution in [3.05, 3.63) is 23.4 Å². The molecule has 0 aromatic carbocycles. The van der Waals surface area contributed by atoms with Crippen molar-refractivity contribution >= 4 is 17.6 Å². The zero-order valence-electron chi connectivity index (χ0n) is 9.95. The van der Waals surface area contributed by atoms with Gasteiger partial charge in [0.1, 0.15) is 11.9 Å². The van der Waals surface area contributed by atoms with Crippen LogP contribution in [0.1, 0.15) is 18.2 Å². The third-order valence-electron chi connectivity index (χ3n) is 2.22. The summed E-state index contributed by atoms with van der Waals surface area (Å²) in [5.41, 5.74) is 1.54. The van der Waals surface area contributed by atoms with Gasteiger partial charge in [-0.15, -0.1) is 0 Å². The fourth-order valence-corrected chi connectivity index (χ4v) is 2.08. The molecule has 1 rings (SSSR count). The molecule has 1 heterocycles. The number of aryl methyl sites for hydroxylation is 1. The van der Waals surface area contributed by atoms with E-state index in [2.05, 4.69) is 29.5 Å². The topological polar surface area (TPSA) is 48.7 Å². The lowest BCUT2D eigenvalue weighted by molar-refractivity contribution is 0.699. The van der Waals surface area contributed by atoms with Crippen molar-refractivity contribution in [1.29, 1.82) is 5.26 Å². The molecule has 4 heteroatoms. The van der Waals surface area contributed by atoms with E-state index in [0.29, 0.717) is 17.3 Å². The first-order valence-electron chi connectivity index (χ1n) is 5.28. The molecule has 16 heavy (non-hydrogen) atoms. The fraction of sp³-hybridized carbons (Fsp3) is 0.500. The van der Waals surface area contributed by atoms with Crippen molar-refractivity contribution in [3.63, 3.8) is 0 Å². The summed E-state index contributed by atoms with van der Waals surface area (Å²) in [6.45, 7) is 4.97. The number of nitrogens with zero attached hydrogens (tertiary/aromatic N) is 2. The van der Waals surface area contributed by atoms with Crippen molar-refractivity contribution in [1.82, 2.24) is 4.98 Å². The van der Waals surface area contributed by atoms with E-state index in [1.807, 2.05) is 30.8 Å². The fourth-order valence-electron chi connectivity index (χ4n) is 1.40. The van der Waals surface area contributed by atoms with Crippen molar-refractivity contribution < 1.29 is 0 Å². The van der Waals surface area contributed by atoms with Gasteiger partial charge in [0.05, 0.1) is 5.56 Å². The Bertz CT molecular complexity index is 384. The second kappa shape index (κ2) is 6.39. The van der Waals surface area contributed by atoms with E-state index in [0.717, 1.165) is 18.0 Å². The molecule has 1 unspecified atom stereocenters. The van der Waals surface area contributed by atoms with Crippen LogP contribution < -0.4 is 5.32 Å². The molecule has 3 nitrogen and oxygen atoms in total. The molecule has 1 atom stereocenters. The second-order valence-electron chi connectivity index (χ2n) is 3.90. The number of pyridine rings is 1.